The highest BCUT2D eigenvalue weighted by Crippen LogP contribution is 2.29. The zero-order valence-electron chi connectivity index (χ0n) is 15.7. The molecular formula is C18H19ClN4O5S. The van der Waals surface area contributed by atoms with Crippen LogP contribution < -0.4 is 14.8 Å². The van der Waals surface area contributed by atoms with Gasteiger partial charge in [-0.15, -0.1) is 0 Å². The topological polar surface area (TPSA) is 122 Å². The number of anilines is 1. The zero-order chi connectivity index (χ0) is 21.0. The van der Waals surface area contributed by atoms with E-state index in [1.165, 1.54) is 25.3 Å². The molecule has 0 aliphatic heterocycles. The maximum absolute atomic E-state index is 12.6. The molecule has 2 amide bonds. The SMILES string of the molecule is COCCNC(=O)Nc1nc2ccc(OS(=O)(=O)c3c(C)cccc3Cl)cc2[nH]1. The quantitative estimate of drug-likeness (QED) is 0.385. The van der Waals surface area contributed by atoms with Crippen molar-refractivity contribution in [1.82, 2.24) is 15.3 Å². The molecule has 1 aromatic heterocycles. The van der Waals surface area contributed by atoms with Gasteiger partial charge in [0.25, 0.3) is 0 Å². The molecule has 0 radical (unpaired) electrons. The van der Waals surface area contributed by atoms with Gasteiger partial charge in [0, 0.05) is 19.7 Å². The number of imidazole rings is 1. The Balaban J connectivity index is 1.79. The summed E-state index contributed by atoms with van der Waals surface area (Å²) in [6.45, 7) is 2.36. The minimum Gasteiger partial charge on any atom is -0.383 e. The number of hydrogen-bond acceptors (Lipinski definition) is 6. The van der Waals surface area contributed by atoms with Gasteiger partial charge >= 0.3 is 16.1 Å². The highest BCUT2D eigenvalue weighted by molar-refractivity contribution is 7.87. The van der Waals surface area contributed by atoms with Gasteiger partial charge in [-0.2, -0.15) is 8.42 Å². The molecule has 0 aliphatic carbocycles. The summed E-state index contributed by atoms with van der Waals surface area (Å²) in [6, 6.07) is 8.84. The predicted molar refractivity (Wildman–Crippen MR) is 109 cm³/mol. The van der Waals surface area contributed by atoms with E-state index in [0.717, 1.165) is 0 Å². The number of carbonyl (C=O) groups is 1. The molecule has 154 valence electrons. The number of aromatic amines is 1. The van der Waals surface area contributed by atoms with Crippen LogP contribution in [0.2, 0.25) is 5.02 Å². The van der Waals surface area contributed by atoms with E-state index in [4.69, 9.17) is 20.5 Å². The average molecular weight is 439 g/mol. The number of hydrogen-bond donors (Lipinski definition) is 3. The molecule has 29 heavy (non-hydrogen) atoms. The number of aromatic nitrogens is 2. The molecule has 9 nitrogen and oxygen atoms in total. The van der Waals surface area contributed by atoms with Gasteiger partial charge in [-0.3, -0.25) is 5.32 Å². The standard InChI is InChI=1S/C18H19ClN4O5S/c1-11-4-3-5-13(19)16(11)29(25,26)28-12-6-7-14-15(10-12)22-17(21-14)23-18(24)20-8-9-27-2/h3-7,10H,8-9H2,1-2H3,(H3,20,21,22,23,24). The molecule has 0 unspecified atom stereocenters. The first-order valence-electron chi connectivity index (χ1n) is 8.53. The number of nitrogens with one attached hydrogen (secondary N) is 3. The summed E-state index contributed by atoms with van der Waals surface area (Å²) in [7, 11) is -2.59. The van der Waals surface area contributed by atoms with Gasteiger partial charge in [-0.05, 0) is 30.7 Å². The third kappa shape index (κ3) is 4.97. The normalized spacial score (nSPS) is 11.4. The Morgan fingerprint density at radius 2 is 2.07 bits per heavy atom. The predicted octanol–water partition coefficient (Wildman–Crippen LogP) is 3.06. The number of urea groups is 1. The average Bonchev–Trinajstić information content (AvgIpc) is 3.02. The molecular weight excluding hydrogens is 420 g/mol. The van der Waals surface area contributed by atoms with Crippen LogP contribution >= 0.6 is 11.6 Å². The Morgan fingerprint density at radius 1 is 1.28 bits per heavy atom. The molecule has 0 saturated heterocycles. The van der Waals surface area contributed by atoms with Crippen LogP contribution in [0.3, 0.4) is 0 Å². The smallest absolute Gasteiger partial charge is 0.340 e. The molecule has 3 rings (SSSR count). The number of ether oxygens (including phenoxy) is 1. The third-order valence-corrected chi connectivity index (χ3v) is 5.78. The van der Waals surface area contributed by atoms with E-state index in [1.54, 1.807) is 25.1 Å². The van der Waals surface area contributed by atoms with Gasteiger partial charge in [0.1, 0.15) is 10.6 Å². The van der Waals surface area contributed by atoms with Crippen LogP contribution in [0.1, 0.15) is 5.56 Å². The van der Waals surface area contributed by atoms with Crippen LogP contribution in [0.15, 0.2) is 41.3 Å². The fourth-order valence-corrected chi connectivity index (χ4v) is 4.33. The van der Waals surface area contributed by atoms with Crippen molar-refractivity contribution in [2.45, 2.75) is 11.8 Å². The highest BCUT2D eigenvalue weighted by Gasteiger charge is 2.23. The second-order valence-electron chi connectivity index (χ2n) is 6.06. The minimum absolute atomic E-state index is 0.0802. The Kier molecular flexibility index (Phi) is 6.26. The first-order valence-corrected chi connectivity index (χ1v) is 10.3. The molecule has 3 N–H and O–H groups in total. The highest BCUT2D eigenvalue weighted by atomic mass is 35.5. The number of methoxy groups -OCH3 is 1. The third-order valence-electron chi connectivity index (χ3n) is 3.90. The van der Waals surface area contributed by atoms with Crippen LogP contribution in [-0.2, 0) is 14.9 Å². The summed E-state index contributed by atoms with van der Waals surface area (Å²) < 4.78 is 35.4. The lowest BCUT2D eigenvalue weighted by atomic mass is 10.2. The van der Waals surface area contributed by atoms with Crippen LogP contribution in [0.5, 0.6) is 5.75 Å². The van der Waals surface area contributed by atoms with Crippen molar-refractivity contribution in [2.75, 3.05) is 25.6 Å². The van der Waals surface area contributed by atoms with E-state index >= 15 is 0 Å². The van der Waals surface area contributed by atoms with Gasteiger partial charge < -0.3 is 19.2 Å². The van der Waals surface area contributed by atoms with E-state index in [2.05, 4.69) is 20.6 Å². The van der Waals surface area contributed by atoms with Gasteiger partial charge in [0.2, 0.25) is 5.95 Å². The fourth-order valence-electron chi connectivity index (χ4n) is 2.62. The van der Waals surface area contributed by atoms with E-state index in [-0.39, 0.29) is 21.6 Å². The number of H-pyrrole nitrogens is 1. The minimum atomic E-state index is -4.13. The van der Waals surface area contributed by atoms with Gasteiger partial charge in [-0.1, -0.05) is 23.7 Å². The molecule has 2 aromatic carbocycles. The molecule has 3 aromatic rings. The molecule has 0 bridgehead atoms. The Morgan fingerprint density at radius 3 is 2.79 bits per heavy atom. The summed E-state index contributed by atoms with van der Waals surface area (Å²) in [6.07, 6.45) is 0. The first-order chi connectivity index (χ1) is 13.8. The number of halogens is 1. The number of rotatable bonds is 7. The lowest BCUT2D eigenvalue weighted by Crippen LogP contribution is -2.31. The molecule has 0 spiro atoms. The number of aryl methyl sites for hydroxylation is 1. The molecule has 1 heterocycles. The second kappa shape index (κ2) is 8.68. The summed E-state index contributed by atoms with van der Waals surface area (Å²) >= 11 is 6.04. The van der Waals surface area contributed by atoms with Crippen LogP contribution in [0.4, 0.5) is 10.7 Å². The van der Waals surface area contributed by atoms with Crippen molar-refractivity contribution in [3.63, 3.8) is 0 Å². The Bertz CT molecular complexity index is 1130. The van der Waals surface area contributed by atoms with Gasteiger partial charge in [0.15, 0.2) is 0 Å². The maximum atomic E-state index is 12.6. The Hall–Kier alpha value is -2.82. The van der Waals surface area contributed by atoms with Crippen molar-refractivity contribution < 1.29 is 22.1 Å². The lowest BCUT2D eigenvalue weighted by molar-refractivity contribution is 0.198. The molecule has 0 atom stereocenters. The van der Waals surface area contributed by atoms with Crippen LogP contribution in [0.25, 0.3) is 11.0 Å². The van der Waals surface area contributed by atoms with Crippen molar-refractivity contribution in [1.29, 1.82) is 0 Å². The molecule has 0 aliphatic rings. The lowest BCUT2D eigenvalue weighted by Gasteiger charge is -2.10. The summed E-state index contributed by atoms with van der Waals surface area (Å²) in [5, 5.41) is 5.23. The number of amides is 2. The maximum Gasteiger partial charge on any atom is 0.340 e. The first kappa shape index (κ1) is 20.9. The van der Waals surface area contributed by atoms with Crippen molar-refractivity contribution >= 4 is 44.7 Å². The van der Waals surface area contributed by atoms with E-state index < -0.39 is 16.1 Å². The van der Waals surface area contributed by atoms with Crippen LogP contribution in [-0.4, -0.2) is 44.7 Å². The van der Waals surface area contributed by atoms with Crippen molar-refractivity contribution in [3.05, 3.63) is 47.0 Å². The second-order valence-corrected chi connectivity index (χ2v) is 7.95. The zero-order valence-corrected chi connectivity index (χ0v) is 17.2. The number of nitrogens with zero attached hydrogens (tertiary/aromatic N) is 1. The molecule has 0 fully saturated rings. The summed E-state index contributed by atoms with van der Waals surface area (Å²) in [5.41, 5.74) is 1.49. The van der Waals surface area contributed by atoms with Crippen LogP contribution in [0, 0.1) is 6.92 Å². The number of carbonyl (C=O) groups excluding carboxylic acids is 1. The van der Waals surface area contributed by atoms with E-state index in [9.17, 15) is 13.2 Å². The molecule has 11 heteroatoms. The molecule has 0 saturated carbocycles. The summed E-state index contributed by atoms with van der Waals surface area (Å²) in [4.78, 5) is 18.8. The Labute approximate surface area is 172 Å². The number of benzene rings is 2. The van der Waals surface area contributed by atoms with Crippen molar-refractivity contribution in [2.24, 2.45) is 0 Å². The van der Waals surface area contributed by atoms with Gasteiger partial charge in [-0.25, -0.2) is 9.78 Å². The van der Waals surface area contributed by atoms with E-state index in [1.807, 2.05) is 0 Å². The fraction of sp³-hybridized carbons (Fsp3) is 0.222. The largest absolute Gasteiger partial charge is 0.383 e. The summed E-state index contributed by atoms with van der Waals surface area (Å²) in [5.74, 6) is 0.286. The van der Waals surface area contributed by atoms with E-state index in [0.29, 0.717) is 29.7 Å². The monoisotopic (exact) mass is 438 g/mol. The van der Waals surface area contributed by atoms with Crippen molar-refractivity contribution in [3.8, 4) is 5.75 Å². The number of fused-ring (bicyclic) bond motifs is 1. The van der Waals surface area contributed by atoms with Gasteiger partial charge in [0.05, 0.1) is 22.7 Å².